The van der Waals surface area contributed by atoms with E-state index in [1.807, 2.05) is 24.3 Å². The number of amides is 1. The van der Waals surface area contributed by atoms with Gasteiger partial charge in [0.1, 0.15) is 11.5 Å². The highest BCUT2D eigenvalue weighted by molar-refractivity contribution is 5.77. The molecule has 1 aromatic rings. The van der Waals surface area contributed by atoms with Gasteiger partial charge in [0.05, 0.1) is 6.61 Å². The van der Waals surface area contributed by atoms with E-state index in [9.17, 15) is 4.79 Å². The molecular weight excluding hydrogens is 256 g/mol. The van der Waals surface area contributed by atoms with Crippen LogP contribution in [0.4, 0.5) is 0 Å². The third-order valence-electron chi connectivity index (χ3n) is 3.09. The fourth-order valence-electron chi connectivity index (χ4n) is 2.05. The van der Waals surface area contributed by atoms with Crippen LogP contribution in [0.15, 0.2) is 24.3 Å². The molecule has 1 unspecified atom stereocenters. The van der Waals surface area contributed by atoms with Crippen LogP contribution in [0.2, 0.25) is 0 Å². The van der Waals surface area contributed by atoms with Gasteiger partial charge in [-0.15, -0.1) is 0 Å². The van der Waals surface area contributed by atoms with Gasteiger partial charge >= 0.3 is 0 Å². The van der Waals surface area contributed by atoms with Gasteiger partial charge in [-0.3, -0.25) is 4.79 Å². The van der Waals surface area contributed by atoms with E-state index in [0.29, 0.717) is 12.4 Å². The molecule has 1 saturated heterocycles. The van der Waals surface area contributed by atoms with Crippen molar-refractivity contribution in [2.45, 2.75) is 25.8 Å². The quantitative estimate of drug-likeness (QED) is 0.790. The number of benzene rings is 1. The molecule has 0 aromatic heterocycles. The SMILES string of the molecule is CCCOc1ccc(OCC(=O)NC2CCNC2)cc1. The first-order valence-electron chi connectivity index (χ1n) is 7.13. The molecule has 5 nitrogen and oxygen atoms in total. The summed E-state index contributed by atoms with van der Waals surface area (Å²) in [5.41, 5.74) is 0. The summed E-state index contributed by atoms with van der Waals surface area (Å²) in [5.74, 6) is 1.42. The second-order valence-corrected chi connectivity index (χ2v) is 4.87. The summed E-state index contributed by atoms with van der Waals surface area (Å²) in [5, 5.41) is 6.14. The molecule has 0 spiro atoms. The van der Waals surface area contributed by atoms with Crippen molar-refractivity contribution < 1.29 is 14.3 Å². The minimum absolute atomic E-state index is 0.0473. The Kier molecular flexibility index (Phi) is 5.68. The zero-order valence-electron chi connectivity index (χ0n) is 11.9. The Morgan fingerprint density at radius 1 is 1.30 bits per heavy atom. The van der Waals surface area contributed by atoms with E-state index in [4.69, 9.17) is 9.47 Å². The maximum Gasteiger partial charge on any atom is 0.258 e. The normalized spacial score (nSPS) is 17.8. The predicted octanol–water partition coefficient (Wildman–Crippen LogP) is 1.33. The number of nitrogens with one attached hydrogen (secondary N) is 2. The fourth-order valence-corrected chi connectivity index (χ4v) is 2.05. The summed E-state index contributed by atoms with van der Waals surface area (Å²) < 4.78 is 10.9. The van der Waals surface area contributed by atoms with Gasteiger partial charge in [-0.25, -0.2) is 0 Å². The molecule has 1 fully saturated rings. The Labute approximate surface area is 119 Å². The molecule has 1 aliphatic rings. The monoisotopic (exact) mass is 278 g/mol. The molecule has 1 aliphatic heterocycles. The highest BCUT2D eigenvalue weighted by Crippen LogP contribution is 2.17. The van der Waals surface area contributed by atoms with Crippen LogP contribution in [0.3, 0.4) is 0 Å². The van der Waals surface area contributed by atoms with Gasteiger partial charge in [0.15, 0.2) is 6.61 Å². The van der Waals surface area contributed by atoms with Crippen molar-refractivity contribution in [2.24, 2.45) is 0 Å². The Morgan fingerprint density at radius 2 is 2.00 bits per heavy atom. The molecule has 1 atom stereocenters. The molecule has 0 saturated carbocycles. The van der Waals surface area contributed by atoms with Crippen LogP contribution in [0.5, 0.6) is 11.5 Å². The Bertz CT molecular complexity index is 414. The Balaban J connectivity index is 1.71. The zero-order valence-corrected chi connectivity index (χ0v) is 11.9. The summed E-state index contributed by atoms with van der Waals surface area (Å²) >= 11 is 0. The molecule has 0 bridgehead atoms. The lowest BCUT2D eigenvalue weighted by Crippen LogP contribution is -2.39. The first kappa shape index (κ1) is 14.7. The van der Waals surface area contributed by atoms with E-state index >= 15 is 0 Å². The van der Waals surface area contributed by atoms with Gasteiger partial charge in [0, 0.05) is 12.6 Å². The molecule has 1 amide bonds. The summed E-state index contributed by atoms with van der Waals surface area (Å²) in [4.78, 5) is 11.7. The summed E-state index contributed by atoms with van der Waals surface area (Å²) in [6.07, 6.45) is 1.96. The van der Waals surface area contributed by atoms with Gasteiger partial charge in [0.25, 0.3) is 5.91 Å². The first-order valence-corrected chi connectivity index (χ1v) is 7.13. The first-order chi connectivity index (χ1) is 9.78. The lowest BCUT2D eigenvalue weighted by atomic mass is 10.2. The van der Waals surface area contributed by atoms with Crippen LogP contribution < -0.4 is 20.1 Å². The maximum atomic E-state index is 11.7. The molecule has 1 heterocycles. The van der Waals surface area contributed by atoms with E-state index in [0.717, 1.165) is 31.7 Å². The van der Waals surface area contributed by atoms with Gasteiger partial charge in [-0.2, -0.15) is 0 Å². The van der Waals surface area contributed by atoms with Gasteiger partial charge < -0.3 is 20.1 Å². The average Bonchev–Trinajstić information content (AvgIpc) is 2.97. The summed E-state index contributed by atoms with van der Waals surface area (Å²) in [6.45, 7) is 4.62. The molecule has 2 rings (SSSR count). The van der Waals surface area contributed by atoms with Crippen LogP contribution in [0.1, 0.15) is 19.8 Å². The van der Waals surface area contributed by atoms with Crippen molar-refractivity contribution >= 4 is 5.91 Å². The average molecular weight is 278 g/mol. The number of hydrogen-bond donors (Lipinski definition) is 2. The molecule has 20 heavy (non-hydrogen) atoms. The van der Waals surface area contributed by atoms with Gasteiger partial charge in [-0.1, -0.05) is 6.92 Å². The number of carbonyl (C=O) groups excluding carboxylic acids is 1. The molecule has 0 aliphatic carbocycles. The topological polar surface area (TPSA) is 59.6 Å². The largest absolute Gasteiger partial charge is 0.494 e. The number of ether oxygens (including phenoxy) is 2. The second kappa shape index (κ2) is 7.75. The highest BCUT2D eigenvalue weighted by Gasteiger charge is 2.16. The minimum atomic E-state index is -0.0787. The van der Waals surface area contributed by atoms with Crippen LogP contribution in [0.25, 0.3) is 0 Å². The highest BCUT2D eigenvalue weighted by atomic mass is 16.5. The number of carbonyl (C=O) groups is 1. The van der Waals surface area contributed by atoms with E-state index in [1.165, 1.54) is 0 Å². The molecule has 2 N–H and O–H groups in total. The predicted molar refractivity (Wildman–Crippen MR) is 77.1 cm³/mol. The smallest absolute Gasteiger partial charge is 0.258 e. The van der Waals surface area contributed by atoms with Crippen LogP contribution in [0, 0.1) is 0 Å². The molecule has 0 radical (unpaired) electrons. The van der Waals surface area contributed by atoms with Crippen molar-refractivity contribution in [3.8, 4) is 11.5 Å². The third kappa shape index (κ3) is 4.74. The standard InChI is InChI=1S/C15H22N2O3/c1-2-9-19-13-3-5-14(6-4-13)20-11-15(18)17-12-7-8-16-10-12/h3-6,12,16H,2,7-11H2,1H3,(H,17,18). The number of rotatable bonds is 7. The summed E-state index contributed by atoms with van der Waals surface area (Å²) in [7, 11) is 0. The van der Waals surface area contributed by atoms with Crippen molar-refractivity contribution in [1.29, 1.82) is 0 Å². The lowest BCUT2D eigenvalue weighted by molar-refractivity contribution is -0.123. The minimum Gasteiger partial charge on any atom is -0.494 e. The van der Waals surface area contributed by atoms with Crippen molar-refractivity contribution in [3.63, 3.8) is 0 Å². The van der Waals surface area contributed by atoms with Crippen molar-refractivity contribution in [3.05, 3.63) is 24.3 Å². The Morgan fingerprint density at radius 3 is 2.60 bits per heavy atom. The summed E-state index contributed by atoms with van der Waals surface area (Å²) in [6, 6.07) is 7.56. The zero-order chi connectivity index (χ0) is 14.2. The van der Waals surface area contributed by atoms with Crippen LogP contribution in [-0.4, -0.2) is 38.3 Å². The maximum absolute atomic E-state index is 11.7. The molecule has 5 heteroatoms. The van der Waals surface area contributed by atoms with Gasteiger partial charge in [-0.05, 0) is 43.7 Å². The van der Waals surface area contributed by atoms with E-state index < -0.39 is 0 Å². The molecule has 110 valence electrons. The van der Waals surface area contributed by atoms with Crippen LogP contribution in [-0.2, 0) is 4.79 Å². The Hall–Kier alpha value is -1.75. The van der Waals surface area contributed by atoms with Crippen LogP contribution >= 0.6 is 0 Å². The van der Waals surface area contributed by atoms with E-state index in [1.54, 1.807) is 0 Å². The third-order valence-corrected chi connectivity index (χ3v) is 3.09. The molecular formula is C15H22N2O3. The second-order valence-electron chi connectivity index (χ2n) is 4.87. The fraction of sp³-hybridized carbons (Fsp3) is 0.533. The molecule has 1 aromatic carbocycles. The van der Waals surface area contributed by atoms with Crippen molar-refractivity contribution in [1.82, 2.24) is 10.6 Å². The van der Waals surface area contributed by atoms with Gasteiger partial charge in [0.2, 0.25) is 0 Å². The van der Waals surface area contributed by atoms with E-state index in [-0.39, 0.29) is 18.6 Å². The number of hydrogen-bond acceptors (Lipinski definition) is 4. The van der Waals surface area contributed by atoms with Crippen molar-refractivity contribution in [2.75, 3.05) is 26.3 Å². The van der Waals surface area contributed by atoms with E-state index in [2.05, 4.69) is 17.6 Å². The lowest BCUT2D eigenvalue weighted by Gasteiger charge is -2.12.